The van der Waals surface area contributed by atoms with Crippen molar-refractivity contribution >= 4 is 11.6 Å². The lowest BCUT2D eigenvalue weighted by molar-refractivity contribution is 0.102. The highest BCUT2D eigenvalue weighted by atomic mass is 16.1. The van der Waals surface area contributed by atoms with Crippen molar-refractivity contribution in [2.75, 3.05) is 5.32 Å². The van der Waals surface area contributed by atoms with Crippen molar-refractivity contribution in [1.82, 2.24) is 4.98 Å². The number of H-pyrrole nitrogens is 1. The second-order valence-electron chi connectivity index (χ2n) is 4.00. The van der Waals surface area contributed by atoms with Gasteiger partial charge in [-0.2, -0.15) is 5.26 Å². The molecule has 1 aromatic heterocycles. The van der Waals surface area contributed by atoms with Crippen molar-refractivity contribution in [2.24, 2.45) is 0 Å². The SMILES string of the molecule is Cc1[nH]ccc1C(=O)Nc1ccc(CC#N)cc1. The molecule has 0 aliphatic rings. The van der Waals surface area contributed by atoms with Crippen LogP contribution in [0.2, 0.25) is 0 Å². The van der Waals surface area contributed by atoms with Crippen LogP contribution >= 0.6 is 0 Å². The predicted octanol–water partition coefficient (Wildman–Crippen LogP) is 2.64. The Morgan fingerprint density at radius 2 is 2.06 bits per heavy atom. The highest BCUT2D eigenvalue weighted by molar-refractivity contribution is 6.05. The minimum Gasteiger partial charge on any atom is -0.365 e. The molecule has 2 rings (SSSR count). The first kappa shape index (κ1) is 11.9. The molecule has 2 N–H and O–H groups in total. The number of amides is 1. The highest BCUT2D eigenvalue weighted by Gasteiger charge is 2.09. The number of carbonyl (C=O) groups excluding carboxylic acids is 1. The number of nitrogens with zero attached hydrogens (tertiary/aromatic N) is 1. The number of aromatic amines is 1. The minimum absolute atomic E-state index is 0.137. The van der Waals surface area contributed by atoms with Gasteiger partial charge in [-0.05, 0) is 30.7 Å². The van der Waals surface area contributed by atoms with Crippen molar-refractivity contribution in [3.63, 3.8) is 0 Å². The van der Waals surface area contributed by atoms with Gasteiger partial charge in [-0.25, -0.2) is 0 Å². The molecule has 1 aromatic carbocycles. The molecule has 0 aliphatic heterocycles. The van der Waals surface area contributed by atoms with Crippen LogP contribution in [0.1, 0.15) is 21.6 Å². The average Bonchev–Trinajstić information content (AvgIpc) is 2.78. The van der Waals surface area contributed by atoms with E-state index in [-0.39, 0.29) is 5.91 Å². The smallest absolute Gasteiger partial charge is 0.257 e. The van der Waals surface area contributed by atoms with E-state index in [1.54, 1.807) is 24.4 Å². The quantitative estimate of drug-likeness (QED) is 0.864. The van der Waals surface area contributed by atoms with E-state index in [0.717, 1.165) is 16.9 Å². The van der Waals surface area contributed by atoms with Gasteiger partial charge in [0.2, 0.25) is 0 Å². The monoisotopic (exact) mass is 239 g/mol. The van der Waals surface area contributed by atoms with Crippen LogP contribution < -0.4 is 5.32 Å². The molecule has 0 bridgehead atoms. The Bertz CT molecular complexity index is 590. The van der Waals surface area contributed by atoms with Gasteiger partial charge in [0.05, 0.1) is 18.1 Å². The van der Waals surface area contributed by atoms with E-state index in [2.05, 4.69) is 16.4 Å². The number of rotatable bonds is 3. The molecule has 0 aliphatic carbocycles. The standard InChI is InChI=1S/C14H13N3O/c1-10-13(7-9-16-10)14(18)17-12-4-2-11(3-5-12)6-8-15/h2-5,7,9,16H,6H2,1H3,(H,17,18). The molecular weight excluding hydrogens is 226 g/mol. The fourth-order valence-electron chi connectivity index (χ4n) is 1.69. The molecule has 18 heavy (non-hydrogen) atoms. The summed E-state index contributed by atoms with van der Waals surface area (Å²) in [7, 11) is 0. The minimum atomic E-state index is -0.137. The lowest BCUT2D eigenvalue weighted by atomic mass is 10.1. The van der Waals surface area contributed by atoms with Crippen molar-refractivity contribution in [1.29, 1.82) is 5.26 Å². The van der Waals surface area contributed by atoms with Gasteiger partial charge in [-0.3, -0.25) is 4.79 Å². The van der Waals surface area contributed by atoms with E-state index < -0.39 is 0 Å². The van der Waals surface area contributed by atoms with E-state index in [1.807, 2.05) is 19.1 Å². The Morgan fingerprint density at radius 1 is 1.33 bits per heavy atom. The second-order valence-corrected chi connectivity index (χ2v) is 4.00. The first-order valence-electron chi connectivity index (χ1n) is 5.62. The second kappa shape index (κ2) is 5.19. The molecule has 1 heterocycles. The number of aryl methyl sites for hydroxylation is 1. The zero-order valence-electron chi connectivity index (χ0n) is 10.0. The van der Waals surface area contributed by atoms with Gasteiger partial charge < -0.3 is 10.3 Å². The number of aromatic nitrogens is 1. The molecule has 1 amide bonds. The maximum absolute atomic E-state index is 11.9. The molecule has 2 aromatic rings. The highest BCUT2D eigenvalue weighted by Crippen LogP contribution is 2.13. The number of benzene rings is 1. The maximum Gasteiger partial charge on any atom is 0.257 e. The molecule has 0 spiro atoms. The average molecular weight is 239 g/mol. The maximum atomic E-state index is 11.9. The Balaban J connectivity index is 2.08. The van der Waals surface area contributed by atoms with Crippen LogP contribution in [0.3, 0.4) is 0 Å². The van der Waals surface area contributed by atoms with Crippen molar-refractivity contribution in [2.45, 2.75) is 13.3 Å². The summed E-state index contributed by atoms with van der Waals surface area (Å²) in [6.45, 7) is 1.85. The van der Waals surface area contributed by atoms with E-state index in [4.69, 9.17) is 5.26 Å². The molecule has 0 radical (unpaired) electrons. The summed E-state index contributed by atoms with van der Waals surface area (Å²) in [5, 5.41) is 11.4. The molecule has 0 fully saturated rings. The molecule has 90 valence electrons. The number of hydrogen-bond donors (Lipinski definition) is 2. The van der Waals surface area contributed by atoms with Crippen molar-refractivity contribution in [3.05, 3.63) is 53.3 Å². The third-order valence-corrected chi connectivity index (χ3v) is 2.69. The summed E-state index contributed by atoms with van der Waals surface area (Å²) >= 11 is 0. The summed E-state index contributed by atoms with van der Waals surface area (Å²) in [6.07, 6.45) is 2.12. The molecule has 0 saturated carbocycles. The zero-order valence-corrected chi connectivity index (χ0v) is 10.0. The van der Waals surface area contributed by atoms with Gasteiger partial charge in [-0.15, -0.1) is 0 Å². The van der Waals surface area contributed by atoms with Crippen LogP contribution in [0, 0.1) is 18.3 Å². The van der Waals surface area contributed by atoms with Crippen molar-refractivity contribution < 1.29 is 4.79 Å². The van der Waals surface area contributed by atoms with E-state index in [0.29, 0.717) is 12.0 Å². The van der Waals surface area contributed by atoms with Gasteiger partial charge in [0, 0.05) is 17.6 Å². The van der Waals surface area contributed by atoms with E-state index >= 15 is 0 Å². The number of nitriles is 1. The third kappa shape index (κ3) is 2.58. The fourth-order valence-corrected chi connectivity index (χ4v) is 1.69. The van der Waals surface area contributed by atoms with Crippen LogP contribution in [0.15, 0.2) is 36.5 Å². The fraction of sp³-hybridized carbons (Fsp3) is 0.143. The zero-order chi connectivity index (χ0) is 13.0. The molecule has 4 heteroatoms. The topological polar surface area (TPSA) is 68.7 Å². The van der Waals surface area contributed by atoms with Crippen LogP contribution in [0.4, 0.5) is 5.69 Å². The summed E-state index contributed by atoms with van der Waals surface area (Å²) in [5.74, 6) is -0.137. The molecule has 0 atom stereocenters. The van der Waals surface area contributed by atoms with Crippen LogP contribution in [0.25, 0.3) is 0 Å². The van der Waals surface area contributed by atoms with Gasteiger partial charge in [0.25, 0.3) is 5.91 Å². The number of hydrogen-bond acceptors (Lipinski definition) is 2. The first-order valence-corrected chi connectivity index (χ1v) is 5.62. The molecular formula is C14H13N3O. The summed E-state index contributed by atoms with van der Waals surface area (Å²) in [4.78, 5) is 14.9. The van der Waals surface area contributed by atoms with E-state index in [9.17, 15) is 4.79 Å². The normalized spacial score (nSPS) is 9.78. The number of nitrogens with one attached hydrogen (secondary N) is 2. The number of carbonyl (C=O) groups is 1. The van der Waals surface area contributed by atoms with Crippen LogP contribution in [-0.4, -0.2) is 10.9 Å². The van der Waals surface area contributed by atoms with Gasteiger partial charge >= 0.3 is 0 Å². The summed E-state index contributed by atoms with van der Waals surface area (Å²) in [5.41, 5.74) is 3.14. The Kier molecular flexibility index (Phi) is 3.44. The predicted molar refractivity (Wildman–Crippen MR) is 69.2 cm³/mol. The van der Waals surface area contributed by atoms with Crippen molar-refractivity contribution in [3.8, 4) is 6.07 Å². The summed E-state index contributed by atoms with van der Waals surface area (Å²) in [6, 6.07) is 11.1. The Labute approximate surface area is 105 Å². The third-order valence-electron chi connectivity index (χ3n) is 2.69. The van der Waals surface area contributed by atoms with Gasteiger partial charge in [0.1, 0.15) is 0 Å². The Morgan fingerprint density at radius 3 is 2.61 bits per heavy atom. The summed E-state index contributed by atoms with van der Waals surface area (Å²) < 4.78 is 0. The lowest BCUT2D eigenvalue weighted by Gasteiger charge is -2.05. The van der Waals surface area contributed by atoms with Crippen LogP contribution in [0.5, 0.6) is 0 Å². The Hall–Kier alpha value is -2.54. The molecule has 0 saturated heterocycles. The van der Waals surface area contributed by atoms with E-state index in [1.165, 1.54) is 0 Å². The number of anilines is 1. The largest absolute Gasteiger partial charge is 0.365 e. The molecule has 0 unspecified atom stereocenters. The van der Waals surface area contributed by atoms with Gasteiger partial charge in [-0.1, -0.05) is 12.1 Å². The lowest BCUT2D eigenvalue weighted by Crippen LogP contribution is -2.12. The van der Waals surface area contributed by atoms with Gasteiger partial charge in [0.15, 0.2) is 0 Å². The van der Waals surface area contributed by atoms with Crippen LogP contribution in [-0.2, 0) is 6.42 Å². The molecule has 4 nitrogen and oxygen atoms in total. The first-order chi connectivity index (χ1) is 8.70.